The van der Waals surface area contributed by atoms with Gasteiger partial charge in [0.2, 0.25) is 0 Å². The lowest BCUT2D eigenvalue weighted by Crippen LogP contribution is -2.53. The van der Waals surface area contributed by atoms with Crippen molar-refractivity contribution in [2.45, 2.75) is 78.1 Å². The lowest BCUT2D eigenvalue weighted by atomic mass is 9.95. The number of likely N-dealkylation sites (tertiary alicyclic amines) is 1. The zero-order valence-electron chi connectivity index (χ0n) is 15.4. The number of ether oxygens (including phenoxy) is 1. The molecule has 130 valence electrons. The van der Waals surface area contributed by atoms with E-state index in [1.165, 1.54) is 0 Å². The fourth-order valence-electron chi connectivity index (χ4n) is 2.74. The molecular formula is C17H35N3O2. The molecule has 0 radical (unpaired) electrons. The molecular weight excluding hydrogens is 278 g/mol. The van der Waals surface area contributed by atoms with Gasteiger partial charge in [-0.1, -0.05) is 13.8 Å². The van der Waals surface area contributed by atoms with Gasteiger partial charge in [-0.15, -0.1) is 0 Å². The summed E-state index contributed by atoms with van der Waals surface area (Å²) in [5.41, 5.74) is -0.450. The Balaban J connectivity index is 2.44. The predicted octanol–water partition coefficient (Wildman–Crippen LogP) is 2.61. The Morgan fingerprint density at radius 3 is 2.50 bits per heavy atom. The molecule has 1 aliphatic rings. The smallest absolute Gasteiger partial charge is 0.407 e. The topological polar surface area (TPSA) is 53.6 Å². The minimum Gasteiger partial charge on any atom is -0.444 e. The highest BCUT2D eigenvalue weighted by molar-refractivity contribution is 5.67. The molecule has 1 aliphatic heterocycles. The Bertz CT molecular complexity index is 352. The first-order chi connectivity index (χ1) is 10.1. The number of carbonyl (C=O) groups excluding carboxylic acids is 1. The summed E-state index contributed by atoms with van der Waals surface area (Å²) in [7, 11) is 2.19. The molecule has 3 atom stereocenters. The van der Waals surface area contributed by atoms with Crippen LogP contribution in [0.2, 0.25) is 0 Å². The van der Waals surface area contributed by atoms with Crippen molar-refractivity contribution in [3.05, 3.63) is 0 Å². The fraction of sp³-hybridized carbons (Fsp3) is 0.941. The summed E-state index contributed by atoms with van der Waals surface area (Å²) in [4.78, 5) is 14.2. The number of rotatable bonds is 5. The molecule has 1 rings (SSSR count). The van der Waals surface area contributed by atoms with Crippen LogP contribution in [0.15, 0.2) is 0 Å². The number of nitrogens with zero attached hydrogens (tertiary/aromatic N) is 1. The van der Waals surface area contributed by atoms with E-state index in [0.717, 1.165) is 19.4 Å². The molecule has 1 saturated heterocycles. The summed E-state index contributed by atoms with van der Waals surface area (Å²) >= 11 is 0. The number of hydrogen-bond donors (Lipinski definition) is 2. The van der Waals surface area contributed by atoms with E-state index in [2.05, 4.69) is 43.4 Å². The average Bonchev–Trinajstić information content (AvgIpc) is 2.36. The summed E-state index contributed by atoms with van der Waals surface area (Å²) in [6.07, 6.45) is 1.99. The number of alkyl carbamates (subject to hydrolysis) is 1. The number of hydrogen-bond acceptors (Lipinski definition) is 4. The average molecular weight is 313 g/mol. The first-order valence-electron chi connectivity index (χ1n) is 8.51. The van der Waals surface area contributed by atoms with Crippen LogP contribution in [0, 0.1) is 5.92 Å². The monoisotopic (exact) mass is 313 g/mol. The highest BCUT2D eigenvalue weighted by Crippen LogP contribution is 2.17. The van der Waals surface area contributed by atoms with Crippen molar-refractivity contribution < 1.29 is 9.53 Å². The molecule has 1 amide bonds. The normalized spacial score (nSPS) is 25.1. The molecule has 0 bridgehead atoms. The van der Waals surface area contributed by atoms with Gasteiger partial charge in [0.15, 0.2) is 0 Å². The summed E-state index contributed by atoms with van der Waals surface area (Å²) in [5.74, 6) is 0.463. The van der Waals surface area contributed by atoms with Crippen molar-refractivity contribution in [1.29, 1.82) is 0 Å². The van der Waals surface area contributed by atoms with Crippen molar-refractivity contribution in [3.63, 3.8) is 0 Å². The van der Waals surface area contributed by atoms with Crippen LogP contribution in [0.5, 0.6) is 0 Å². The van der Waals surface area contributed by atoms with E-state index < -0.39 is 5.60 Å². The third-order valence-electron chi connectivity index (χ3n) is 4.33. The van der Waals surface area contributed by atoms with E-state index in [0.29, 0.717) is 24.5 Å². The van der Waals surface area contributed by atoms with Crippen LogP contribution in [0.3, 0.4) is 0 Å². The second-order valence-corrected chi connectivity index (χ2v) is 7.95. The number of piperidine rings is 1. The van der Waals surface area contributed by atoms with Crippen molar-refractivity contribution in [2.24, 2.45) is 5.92 Å². The third-order valence-corrected chi connectivity index (χ3v) is 4.33. The zero-order chi connectivity index (χ0) is 16.9. The van der Waals surface area contributed by atoms with Gasteiger partial charge < -0.3 is 20.3 Å². The molecule has 1 fully saturated rings. The van der Waals surface area contributed by atoms with E-state index in [1.807, 2.05) is 20.8 Å². The number of amides is 1. The van der Waals surface area contributed by atoms with Crippen molar-refractivity contribution >= 4 is 6.09 Å². The van der Waals surface area contributed by atoms with Gasteiger partial charge in [0, 0.05) is 24.7 Å². The maximum Gasteiger partial charge on any atom is 0.407 e. The highest BCUT2D eigenvalue weighted by Gasteiger charge is 2.26. The maximum atomic E-state index is 11.8. The van der Waals surface area contributed by atoms with E-state index in [1.54, 1.807) is 0 Å². The molecule has 0 aromatic rings. The van der Waals surface area contributed by atoms with Crippen LogP contribution in [-0.2, 0) is 4.74 Å². The Morgan fingerprint density at radius 1 is 1.36 bits per heavy atom. The van der Waals surface area contributed by atoms with Crippen LogP contribution in [0.1, 0.15) is 54.4 Å². The molecule has 0 saturated carbocycles. The highest BCUT2D eigenvalue weighted by atomic mass is 16.6. The van der Waals surface area contributed by atoms with Crippen molar-refractivity contribution in [1.82, 2.24) is 15.5 Å². The molecule has 1 heterocycles. The quantitative estimate of drug-likeness (QED) is 0.819. The molecule has 0 aliphatic carbocycles. The zero-order valence-corrected chi connectivity index (χ0v) is 15.4. The van der Waals surface area contributed by atoms with Gasteiger partial charge in [-0.3, -0.25) is 0 Å². The molecule has 22 heavy (non-hydrogen) atoms. The SMILES string of the molecule is CC(C)C(CNC(=O)OC(C)(C)C)NC1CCN(C)C(C)C1. The summed E-state index contributed by atoms with van der Waals surface area (Å²) in [6.45, 7) is 14.0. The van der Waals surface area contributed by atoms with Gasteiger partial charge >= 0.3 is 6.09 Å². The van der Waals surface area contributed by atoms with E-state index >= 15 is 0 Å². The molecule has 2 N–H and O–H groups in total. The van der Waals surface area contributed by atoms with Gasteiger partial charge in [-0.05, 0) is 60.0 Å². The Labute approximate surface area is 136 Å². The molecule has 0 spiro atoms. The van der Waals surface area contributed by atoms with Gasteiger partial charge in [0.05, 0.1) is 0 Å². The Morgan fingerprint density at radius 2 is 2.00 bits per heavy atom. The number of nitrogens with one attached hydrogen (secondary N) is 2. The summed E-state index contributed by atoms with van der Waals surface area (Å²) < 4.78 is 5.30. The second kappa shape index (κ2) is 8.16. The minimum atomic E-state index is -0.450. The van der Waals surface area contributed by atoms with Crippen LogP contribution in [0.4, 0.5) is 4.79 Å². The lowest BCUT2D eigenvalue weighted by Gasteiger charge is -2.38. The van der Waals surface area contributed by atoms with Gasteiger partial charge in [-0.2, -0.15) is 0 Å². The third kappa shape index (κ3) is 6.97. The van der Waals surface area contributed by atoms with Crippen LogP contribution >= 0.6 is 0 Å². The van der Waals surface area contributed by atoms with Gasteiger partial charge in [0.25, 0.3) is 0 Å². The molecule has 3 unspecified atom stereocenters. The van der Waals surface area contributed by atoms with Crippen LogP contribution in [0.25, 0.3) is 0 Å². The lowest BCUT2D eigenvalue weighted by molar-refractivity contribution is 0.0516. The van der Waals surface area contributed by atoms with Crippen LogP contribution < -0.4 is 10.6 Å². The first kappa shape index (κ1) is 19.2. The summed E-state index contributed by atoms with van der Waals surface area (Å²) in [6, 6.07) is 1.41. The van der Waals surface area contributed by atoms with Crippen LogP contribution in [-0.4, -0.2) is 54.9 Å². The summed E-state index contributed by atoms with van der Waals surface area (Å²) in [5, 5.41) is 6.62. The van der Waals surface area contributed by atoms with Crippen molar-refractivity contribution in [2.75, 3.05) is 20.1 Å². The Kier molecular flexibility index (Phi) is 7.13. The number of carbonyl (C=O) groups is 1. The standard InChI is InChI=1S/C17H35N3O2/c1-12(2)15(11-18-16(21)22-17(4,5)6)19-14-8-9-20(7)13(3)10-14/h12-15,19H,8-11H2,1-7H3,(H,18,21). The van der Waals surface area contributed by atoms with Crippen molar-refractivity contribution in [3.8, 4) is 0 Å². The molecule has 0 aromatic carbocycles. The Hall–Kier alpha value is -0.810. The molecule has 5 nitrogen and oxygen atoms in total. The van der Waals surface area contributed by atoms with E-state index in [-0.39, 0.29) is 12.1 Å². The largest absolute Gasteiger partial charge is 0.444 e. The molecule has 5 heteroatoms. The second-order valence-electron chi connectivity index (χ2n) is 7.95. The van der Waals surface area contributed by atoms with E-state index in [9.17, 15) is 4.79 Å². The first-order valence-corrected chi connectivity index (χ1v) is 8.51. The maximum absolute atomic E-state index is 11.8. The fourth-order valence-corrected chi connectivity index (χ4v) is 2.74. The van der Waals surface area contributed by atoms with Gasteiger partial charge in [0.1, 0.15) is 5.60 Å². The molecule has 0 aromatic heterocycles. The minimum absolute atomic E-state index is 0.271. The van der Waals surface area contributed by atoms with Gasteiger partial charge in [-0.25, -0.2) is 4.79 Å². The van der Waals surface area contributed by atoms with E-state index in [4.69, 9.17) is 4.74 Å². The predicted molar refractivity (Wildman–Crippen MR) is 91.1 cm³/mol.